The second-order valence-electron chi connectivity index (χ2n) is 5.87. The average Bonchev–Trinajstić information content (AvgIpc) is 3.21. The minimum absolute atomic E-state index is 0.176. The largest absolute Gasteiger partial charge is 0.478 e. The number of carboxylic acids is 1. The van der Waals surface area contributed by atoms with E-state index in [1.54, 1.807) is 23.5 Å². The highest BCUT2D eigenvalue weighted by Gasteiger charge is 2.18. The van der Waals surface area contributed by atoms with Gasteiger partial charge in [0.25, 0.3) is 0 Å². The van der Waals surface area contributed by atoms with E-state index in [2.05, 4.69) is 0 Å². The van der Waals surface area contributed by atoms with Gasteiger partial charge in [-0.25, -0.2) is 9.59 Å². The third-order valence-corrected chi connectivity index (χ3v) is 4.95. The topological polar surface area (TPSA) is 66.8 Å². The van der Waals surface area contributed by atoms with Crippen LogP contribution in [0.25, 0.3) is 0 Å². The molecular formula is C21H19NO4S. The number of carboxylic acid groups (broad SMARTS) is 1. The number of benzene rings is 2. The van der Waals surface area contributed by atoms with Crippen LogP contribution in [0.15, 0.2) is 72.1 Å². The summed E-state index contributed by atoms with van der Waals surface area (Å²) in [6.45, 7) is 0.628. The van der Waals surface area contributed by atoms with Crippen molar-refractivity contribution < 1.29 is 19.4 Å². The van der Waals surface area contributed by atoms with Crippen LogP contribution in [-0.2, 0) is 17.8 Å². The molecular weight excluding hydrogens is 362 g/mol. The van der Waals surface area contributed by atoms with E-state index >= 15 is 0 Å². The Hall–Kier alpha value is -3.12. The highest BCUT2D eigenvalue weighted by atomic mass is 32.1. The maximum Gasteiger partial charge on any atom is 0.414 e. The zero-order chi connectivity index (χ0) is 19.1. The fourth-order valence-electron chi connectivity index (χ4n) is 2.58. The fourth-order valence-corrected chi connectivity index (χ4v) is 3.28. The second-order valence-corrected chi connectivity index (χ2v) is 6.91. The molecule has 0 saturated carbocycles. The van der Waals surface area contributed by atoms with E-state index < -0.39 is 12.1 Å². The first kappa shape index (κ1) is 18.7. The molecule has 3 rings (SSSR count). The van der Waals surface area contributed by atoms with Crippen LogP contribution in [0.5, 0.6) is 0 Å². The second kappa shape index (κ2) is 9.00. The number of amides is 1. The number of hydrogen-bond acceptors (Lipinski definition) is 4. The monoisotopic (exact) mass is 381 g/mol. The molecule has 1 aromatic heterocycles. The molecule has 138 valence electrons. The van der Waals surface area contributed by atoms with Crippen molar-refractivity contribution in [1.29, 1.82) is 0 Å². The summed E-state index contributed by atoms with van der Waals surface area (Å²) >= 11 is 1.63. The lowest BCUT2D eigenvalue weighted by molar-refractivity contribution is 0.0697. The molecule has 0 fully saturated rings. The molecule has 0 spiro atoms. The van der Waals surface area contributed by atoms with Crippen LogP contribution in [0.2, 0.25) is 0 Å². The number of hydrogen-bond donors (Lipinski definition) is 1. The van der Waals surface area contributed by atoms with Crippen LogP contribution in [0.1, 0.15) is 20.8 Å². The molecule has 1 amide bonds. The summed E-state index contributed by atoms with van der Waals surface area (Å²) in [5, 5.41) is 11.1. The number of aromatic carboxylic acids is 1. The molecule has 1 N–H and O–H groups in total. The molecule has 5 nitrogen and oxygen atoms in total. The maximum atomic E-state index is 12.7. The van der Waals surface area contributed by atoms with E-state index in [-0.39, 0.29) is 12.2 Å². The molecule has 0 radical (unpaired) electrons. The standard InChI is InChI=1S/C21H19NO4S/c23-20(24)17-8-10-18(11-9-17)22(13-12-19-7-4-14-27-19)21(25)26-15-16-5-2-1-3-6-16/h1-11,14H,12-13,15H2,(H,23,24). The van der Waals surface area contributed by atoms with Crippen LogP contribution < -0.4 is 4.90 Å². The van der Waals surface area contributed by atoms with E-state index in [4.69, 9.17) is 9.84 Å². The summed E-state index contributed by atoms with van der Waals surface area (Å²) in [7, 11) is 0. The molecule has 2 aromatic carbocycles. The minimum Gasteiger partial charge on any atom is -0.478 e. The van der Waals surface area contributed by atoms with Crippen LogP contribution in [0, 0.1) is 0 Å². The third kappa shape index (κ3) is 5.18. The first-order valence-corrected chi connectivity index (χ1v) is 9.35. The number of ether oxygens (including phenoxy) is 1. The smallest absolute Gasteiger partial charge is 0.414 e. The highest BCUT2D eigenvalue weighted by Crippen LogP contribution is 2.19. The first-order valence-electron chi connectivity index (χ1n) is 8.47. The zero-order valence-corrected chi connectivity index (χ0v) is 15.4. The van der Waals surface area contributed by atoms with Gasteiger partial charge in [0.15, 0.2) is 0 Å². The van der Waals surface area contributed by atoms with Gasteiger partial charge in [-0.2, -0.15) is 0 Å². The molecule has 0 saturated heterocycles. The predicted octanol–water partition coefficient (Wildman–Crippen LogP) is 4.83. The average molecular weight is 381 g/mol. The van der Waals surface area contributed by atoms with Crippen molar-refractivity contribution in [3.05, 3.63) is 88.1 Å². The van der Waals surface area contributed by atoms with Crippen molar-refractivity contribution in [1.82, 2.24) is 0 Å². The summed E-state index contributed by atoms with van der Waals surface area (Å²) in [4.78, 5) is 26.4. The Morgan fingerprint density at radius 3 is 2.33 bits per heavy atom. The molecule has 0 aliphatic rings. The van der Waals surface area contributed by atoms with Crippen molar-refractivity contribution in [3.63, 3.8) is 0 Å². The van der Waals surface area contributed by atoms with E-state index in [1.807, 2.05) is 47.8 Å². The molecule has 0 aliphatic heterocycles. The van der Waals surface area contributed by atoms with Gasteiger partial charge in [0.2, 0.25) is 0 Å². The van der Waals surface area contributed by atoms with E-state index in [0.29, 0.717) is 18.7 Å². The van der Waals surface area contributed by atoms with Gasteiger partial charge in [-0.05, 0) is 47.7 Å². The van der Waals surface area contributed by atoms with Gasteiger partial charge in [-0.1, -0.05) is 36.4 Å². The predicted molar refractivity (Wildman–Crippen MR) is 105 cm³/mol. The molecule has 1 heterocycles. The Kier molecular flexibility index (Phi) is 6.22. The summed E-state index contributed by atoms with van der Waals surface area (Å²) < 4.78 is 5.47. The van der Waals surface area contributed by atoms with Crippen LogP contribution in [0.3, 0.4) is 0 Å². The van der Waals surface area contributed by atoms with Gasteiger partial charge in [0.05, 0.1) is 5.56 Å². The zero-order valence-electron chi connectivity index (χ0n) is 14.6. The van der Waals surface area contributed by atoms with Crippen LogP contribution >= 0.6 is 11.3 Å². The third-order valence-electron chi connectivity index (χ3n) is 4.01. The Morgan fingerprint density at radius 1 is 0.963 bits per heavy atom. The van der Waals surface area contributed by atoms with Crippen molar-refractivity contribution >= 4 is 29.1 Å². The van der Waals surface area contributed by atoms with Gasteiger partial charge >= 0.3 is 12.1 Å². The molecule has 3 aromatic rings. The molecule has 0 aliphatic carbocycles. The Labute approximate surface area is 161 Å². The minimum atomic E-state index is -1.00. The van der Waals surface area contributed by atoms with E-state index in [9.17, 15) is 9.59 Å². The van der Waals surface area contributed by atoms with Gasteiger partial charge in [-0.15, -0.1) is 11.3 Å². The van der Waals surface area contributed by atoms with Gasteiger partial charge in [0.1, 0.15) is 6.61 Å². The van der Waals surface area contributed by atoms with Crippen molar-refractivity contribution in [2.75, 3.05) is 11.4 Å². The van der Waals surface area contributed by atoms with Gasteiger partial charge < -0.3 is 9.84 Å². The lowest BCUT2D eigenvalue weighted by Gasteiger charge is -2.22. The molecule has 0 atom stereocenters. The number of carbonyl (C=O) groups is 2. The summed E-state index contributed by atoms with van der Waals surface area (Å²) in [6.07, 6.45) is 0.234. The maximum absolute atomic E-state index is 12.7. The van der Waals surface area contributed by atoms with E-state index in [1.165, 1.54) is 17.0 Å². The lowest BCUT2D eigenvalue weighted by atomic mass is 10.2. The number of thiophene rings is 1. The van der Waals surface area contributed by atoms with Crippen molar-refractivity contribution in [3.8, 4) is 0 Å². The molecule has 6 heteroatoms. The van der Waals surface area contributed by atoms with Gasteiger partial charge in [-0.3, -0.25) is 4.90 Å². The fraction of sp³-hybridized carbons (Fsp3) is 0.143. The number of rotatable bonds is 7. The normalized spacial score (nSPS) is 10.4. The van der Waals surface area contributed by atoms with Gasteiger partial charge in [0, 0.05) is 17.1 Å². The Balaban J connectivity index is 1.73. The van der Waals surface area contributed by atoms with Crippen LogP contribution in [-0.4, -0.2) is 23.7 Å². The molecule has 0 unspecified atom stereocenters. The molecule has 27 heavy (non-hydrogen) atoms. The Morgan fingerprint density at radius 2 is 1.70 bits per heavy atom. The van der Waals surface area contributed by atoms with Crippen molar-refractivity contribution in [2.45, 2.75) is 13.0 Å². The SMILES string of the molecule is O=C(O)c1ccc(N(CCc2cccs2)C(=O)OCc2ccccc2)cc1. The Bertz CT molecular complexity index is 876. The van der Waals surface area contributed by atoms with E-state index in [0.717, 1.165) is 10.4 Å². The number of carbonyl (C=O) groups excluding carboxylic acids is 1. The quantitative estimate of drug-likeness (QED) is 0.636. The summed E-state index contributed by atoms with van der Waals surface area (Å²) in [5.74, 6) is -1.00. The summed E-state index contributed by atoms with van der Waals surface area (Å²) in [6, 6.07) is 19.7. The number of nitrogens with zero attached hydrogens (tertiary/aromatic N) is 1. The first-order chi connectivity index (χ1) is 13.1. The lowest BCUT2D eigenvalue weighted by Crippen LogP contribution is -2.33. The highest BCUT2D eigenvalue weighted by molar-refractivity contribution is 7.09. The number of anilines is 1. The summed E-state index contributed by atoms with van der Waals surface area (Å²) in [5.41, 5.74) is 1.69. The molecule has 0 bridgehead atoms. The van der Waals surface area contributed by atoms with Crippen LogP contribution in [0.4, 0.5) is 10.5 Å². The van der Waals surface area contributed by atoms with Crippen molar-refractivity contribution in [2.24, 2.45) is 0 Å².